The molecule has 0 aromatic heterocycles. The fraction of sp³-hybridized carbons (Fsp3) is 0.909. The summed E-state index contributed by atoms with van der Waals surface area (Å²) >= 11 is 0. The molecule has 4 unspecified atom stereocenters. The summed E-state index contributed by atoms with van der Waals surface area (Å²) < 4.78 is 0. The molecule has 0 heterocycles. The average Bonchev–Trinajstić information content (AvgIpc) is 2.77. The van der Waals surface area contributed by atoms with Crippen LogP contribution in [0, 0.1) is 17.8 Å². The van der Waals surface area contributed by atoms with Crippen LogP contribution in [0.15, 0.2) is 0 Å². The summed E-state index contributed by atoms with van der Waals surface area (Å²) in [5.41, 5.74) is -1.46. The second-order valence-electron chi connectivity index (χ2n) is 4.86. The number of hydrogen-bond acceptors (Lipinski definition) is 2. The minimum Gasteiger partial charge on any atom is -0.479 e. The Bertz CT molecular complexity index is 251. The maximum atomic E-state index is 11.1. The van der Waals surface area contributed by atoms with Crippen LogP contribution in [-0.4, -0.2) is 21.8 Å². The van der Waals surface area contributed by atoms with E-state index in [1.807, 2.05) is 0 Å². The van der Waals surface area contributed by atoms with Crippen molar-refractivity contribution in [1.82, 2.24) is 0 Å². The zero-order chi connectivity index (χ0) is 10.3. The van der Waals surface area contributed by atoms with Crippen molar-refractivity contribution in [3.63, 3.8) is 0 Å². The number of rotatable bonds is 3. The van der Waals surface area contributed by atoms with Crippen LogP contribution in [0.1, 0.15) is 39.0 Å². The summed E-state index contributed by atoms with van der Waals surface area (Å²) in [6, 6.07) is 0. The van der Waals surface area contributed by atoms with Gasteiger partial charge in [-0.05, 0) is 37.5 Å². The topological polar surface area (TPSA) is 57.5 Å². The molecule has 2 saturated carbocycles. The SMILES string of the molecule is CCC(O)(C(=O)O)C1CC2CCC1C2. The Kier molecular flexibility index (Phi) is 2.30. The molecule has 2 bridgehead atoms. The van der Waals surface area contributed by atoms with Gasteiger partial charge in [0.2, 0.25) is 0 Å². The molecule has 0 aromatic carbocycles. The first-order valence-electron chi connectivity index (χ1n) is 5.53. The molecule has 0 saturated heterocycles. The number of aliphatic carboxylic acids is 1. The van der Waals surface area contributed by atoms with E-state index in [4.69, 9.17) is 5.11 Å². The Morgan fingerprint density at radius 2 is 2.14 bits per heavy atom. The van der Waals surface area contributed by atoms with Crippen molar-refractivity contribution in [2.24, 2.45) is 17.8 Å². The van der Waals surface area contributed by atoms with Crippen molar-refractivity contribution in [2.45, 2.75) is 44.6 Å². The molecule has 0 spiro atoms. The highest BCUT2D eigenvalue weighted by Gasteiger charge is 2.52. The Morgan fingerprint density at radius 3 is 2.50 bits per heavy atom. The monoisotopic (exact) mass is 198 g/mol. The number of carboxylic acids is 1. The Balaban J connectivity index is 2.17. The summed E-state index contributed by atoms with van der Waals surface area (Å²) in [5.74, 6) is 0.116. The van der Waals surface area contributed by atoms with Crippen molar-refractivity contribution >= 4 is 5.97 Å². The first-order valence-corrected chi connectivity index (χ1v) is 5.53. The lowest BCUT2D eigenvalue weighted by molar-refractivity contribution is -0.168. The molecular formula is C11H18O3. The first-order chi connectivity index (χ1) is 6.58. The van der Waals surface area contributed by atoms with E-state index in [9.17, 15) is 9.90 Å². The third-order valence-electron chi connectivity index (χ3n) is 4.26. The van der Waals surface area contributed by atoms with E-state index < -0.39 is 11.6 Å². The predicted molar refractivity (Wildman–Crippen MR) is 51.8 cm³/mol. The molecule has 2 aliphatic rings. The van der Waals surface area contributed by atoms with Crippen LogP contribution >= 0.6 is 0 Å². The van der Waals surface area contributed by atoms with Crippen LogP contribution in [0.25, 0.3) is 0 Å². The average molecular weight is 198 g/mol. The van der Waals surface area contributed by atoms with Crippen LogP contribution < -0.4 is 0 Å². The van der Waals surface area contributed by atoms with Gasteiger partial charge in [0, 0.05) is 5.92 Å². The lowest BCUT2D eigenvalue weighted by Crippen LogP contribution is -2.47. The third-order valence-corrected chi connectivity index (χ3v) is 4.26. The highest BCUT2D eigenvalue weighted by atomic mass is 16.4. The van der Waals surface area contributed by atoms with Gasteiger partial charge in [0.1, 0.15) is 0 Å². The van der Waals surface area contributed by atoms with Gasteiger partial charge in [0.05, 0.1) is 0 Å². The highest BCUT2D eigenvalue weighted by molar-refractivity contribution is 5.77. The van der Waals surface area contributed by atoms with Gasteiger partial charge in [0.25, 0.3) is 0 Å². The molecule has 0 radical (unpaired) electrons. The molecular weight excluding hydrogens is 180 g/mol. The van der Waals surface area contributed by atoms with Crippen molar-refractivity contribution in [3.05, 3.63) is 0 Å². The molecule has 0 amide bonds. The van der Waals surface area contributed by atoms with Gasteiger partial charge in [-0.25, -0.2) is 4.79 Å². The molecule has 2 N–H and O–H groups in total. The van der Waals surface area contributed by atoms with Gasteiger partial charge < -0.3 is 10.2 Å². The smallest absolute Gasteiger partial charge is 0.335 e. The molecule has 0 aliphatic heterocycles. The van der Waals surface area contributed by atoms with Crippen LogP contribution in [0.5, 0.6) is 0 Å². The number of hydrogen-bond donors (Lipinski definition) is 2. The zero-order valence-electron chi connectivity index (χ0n) is 8.57. The highest BCUT2D eigenvalue weighted by Crippen LogP contribution is 2.52. The largest absolute Gasteiger partial charge is 0.479 e. The van der Waals surface area contributed by atoms with E-state index in [2.05, 4.69) is 0 Å². The molecule has 2 aliphatic carbocycles. The van der Waals surface area contributed by atoms with Gasteiger partial charge in [0.15, 0.2) is 5.60 Å². The molecule has 80 valence electrons. The summed E-state index contributed by atoms with van der Waals surface area (Å²) in [4.78, 5) is 11.1. The van der Waals surface area contributed by atoms with E-state index in [1.54, 1.807) is 6.92 Å². The van der Waals surface area contributed by atoms with Crippen LogP contribution in [0.4, 0.5) is 0 Å². The normalized spacial score (nSPS) is 39.7. The fourth-order valence-corrected chi connectivity index (χ4v) is 3.40. The summed E-state index contributed by atoms with van der Waals surface area (Å²) in [5, 5.41) is 19.2. The number of carboxylic acid groups (broad SMARTS) is 1. The van der Waals surface area contributed by atoms with E-state index >= 15 is 0 Å². The van der Waals surface area contributed by atoms with Crippen LogP contribution in [0.3, 0.4) is 0 Å². The predicted octanol–water partition coefficient (Wildman–Crippen LogP) is 1.65. The van der Waals surface area contributed by atoms with Gasteiger partial charge in [-0.15, -0.1) is 0 Å². The summed E-state index contributed by atoms with van der Waals surface area (Å²) in [6.45, 7) is 1.76. The van der Waals surface area contributed by atoms with Crippen LogP contribution in [0.2, 0.25) is 0 Å². The lowest BCUT2D eigenvalue weighted by atomic mass is 9.75. The molecule has 0 aromatic rings. The Hall–Kier alpha value is -0.570. The van der Waals surface area contributed by atoms with Gasteiger partial charge in [-0.1, -0.05) is 13.3 Å². The summed E-state index contributed by atoms with van der Waals surface area (Å²) in [6.07, 6.45) is 4.74. The van der Waals surface area contributed by atoms with E-state index in [1.165, 1.54) is 6.42 Å². The molecule has 4 atom stereocenters. The second kappa shape index (κ2) is 3.23. The molecule has 2 rings (SSSR count). The standard InChI is InChI=1S/C11H18O3/c1-2-11(14,10(12)13)9-6-7-3-4-8(9)5-7/h7-9,14H,2-6H2,1H3,(H,12,13). The number of fused-ring (bicyclic) bond motifs is 2. The van der Waals surface area contributed by atoms with Crippen molar-refractivity contribution in [3.8, 4) is 0 Å². The fourth-order valence-electron chi connectivity index (χ4n) is 3.40. The van der Waals surface area contributed by atoms with Gasteiger partial charge in [-0.2, -0.15) is 0 Å². The van der Waals surface area contributed by atoms with Crippen molar-refractivity contribution in [1.29, 1.82) is 0 Å². The Morgan fingerprint density at radius 1 is 1.43 bits per heavy atom. The van der Waals surface area contributed by atoms with E-state index in [-0.39, 0.29) is 5.92 Å². The molecule has 3 heteroatoms. The Labute approximate surface area is 84.1 Å². The number of carbonyl (C=O) groups is 1. The zero-order valence-corrected chi connectivity index (χ0v) is 8.57. The quantitative estimate of drug-likeness (QED) is 0.725. The lowest BCUT2D eigenvalue weighted by Gasteiger charge is -2.34. The van der Waals surface area contributed by atoms with Gasteiger partial charge in [-0.3, -0.25) is 0 Å². The number of aliphatic hydroxyl groups is 1. The van der Waals surface area contributed by atoms with E-state index in [0.29, 0.717) is 18.3 Å². The maximum Gasteiger partial charge on any atom is 0.335 e. The minimum absolute atomic E-state index is 0.00347. The first kappa shape index (κ1) is 9.97. The van der Waals surface area contributed by atoms with E-state index in [0.717, 1.165) is 19.3 Å². The minimum atomic E-state index is -1.46. The molecule has 3 nitrogen and oxygen atoms in total. The molecule has 14 heavy (non-hydrogen) atoms. The van der Waals surface area contributed by atoms with Gasteiger partial charge >= 0.3 is 5.97 Å². The van der Waals surface area contributed by atoms with Crippen LogP contribution in [-0.2, 0) is 4.79 Å². The summed E-state index contributed by atoms with van der Waals surface area (Å²) in [7, 11) is 0. The van der Waals surface area contributed by atoms with Crippen molar-refractivity contribution < 1.29 is 15.0 Å². The maximum absolute atomic E-state index is 11.1. The third kappa shape index (κ3) is 1.26. The molecule has 2 fully saturated rings. The second-order valence-corrected chi connectivity index (χ2v) is 4.86. The van der Waals surface area contributed by atoms with Crippen molar-refractivity contribution in [2.75, 3.05) is 0 Å².